The number of piperazine rings is 1. The lowest BCUT2D eigenvalue weighted by Crippen LogP contribution is -2.50. The number of rotatable bonds is 5. The molecular formula is C15H25N3. The summed E-state index contributed by atoms with van der Waals surface area (Å²) in [5.41, 5.74) is 7.59. The molecule has 0 aliphatic carbocycles. The first-order chi connectivity index (χ1) is 8.78. The second kappa shape index (κ2) is 6.88. The third-order valence-electron chi connectivity index (χ3n) is 3.75. The molecule has 0 aromatic heterocycles. The van der Waals surface area contributed by atoms with Crippen molar-refractivity contribution < 1.29 is 0 Å². The molecule has 2 rings (SSSR count). The molecule has 1 atom stereocenters. The molecule has 0 bridgehead atoms. The molecule has 0 spiro atoms. The first-order valence-corrected chi connectivity index (χ1v) is 7.02. The van der Waals surface area contributed by atoms with Gasteiger partial charge in [0.1, 0.15) is 0 Å². The first kappa shape index (κ1) is 13.5. The lowest BCUT2D eigenvalue weighted by Gasteiger charge is -2.35. The summed E-state index contributed by atoms with van der Waals surface area (Å²) in [6, 6.07) is 10.8. The standard InChI is InChI=1S/C15H25N3/c1-2-17-8-10-18(11-9-17)13-15(16)12-14-6-4-3-5-7-14/h3-7,15H,2,8-13,16H2,1H3/t15-/m1/s1. The van der Waals surface area contributed by atoms with E-state index in [9.17, 15) is 0 Å². The van der Waals surface area contributed by atoms with Gasteiger partial charge in [-0.25, -0.2) is 0 Å². The van der Waals surface area contributed by atoms with E-state index in [2.05, 4.69) is 47.1 Å². The van der Waals surface area contributed by atoms with Gasteiger partial charge in [-0.1, -0.05) is 37.3 Å². The van der Waals surface area contributed by atoms with E-state index in [4.69, 9.17) is 5.73 Å². The van der Waals surface area contributed by atoms with E-state index in [1.54, 1.807) is 0 Å². The topological polar surface area (TPSA) is 32.5 Å². The summed E-state index contributed by atoms with van der Waals surface area (Å²) >= 11 is 0. The van der Waals surface area contributed by atoms with Gasteiger partial charge in [-0.2, -0.15) is 0 Å². The van der Waals surface area contributed by atoms with E-state index in [-0.39, 0.29) is 6.04 Å². The minimum Gasteiger partial charge on any atom is -0.326 e. The van der Waals surface area contributed by atoms with Crippen molar-refractivity contribution >= 4 is 0 Å². The molecule has 1 aromatic carbocycles. The van der Waals surface area contributed by atoms with Crippen LogP contribution >= 0.6 is 0 Å². The summed E-state index contributed by atoms with van der Waals surface area (Å²) in [6.07, 6.45) is 0.981. The second-order valence-corrected chi connectivity index (χ2v) is 5.18. The number of hydrogen-bond donors (Lipinski definition) is 1. The van der Waals surface area contributed by atoms with Crippen molar-refractivity contribution in [1.82, 2.24) is 9.80 Å². The van der Waals surface area contributed by atoms with Crippen LogP contribution in [0.2, 0.25) is 0 Å². The molecule has 0 radical (unpaired) electrons. The Morgan fingerprint density at radius 1 is 1.06 bits per heavy atom. The lowest BCUT2D eigenvalue weighted by atomic mass is 10.1. The summed E-state index contributed by atoms with van der Waals surface area (Å²) < 4.78 is 0. The highest BCUT2D eigenvalue weighted by molar-refractivity contribution is 5.15. The number of nitrogens with two attached hydrogens (primary N) is 1. The van der Waals surface area contributed by atoms with Crippen LogP contribution in [-0.4, -0.2) is 55.1 Å². The fraction of sp³-hybridized carbons (Fsp3) is 0.600. The minimum atomic E-state index is 0.251. The Balaban J connectivity index is 1.73. The third-order valence-corrected chi connectivity index (χ3v) is 3.75. The van der Waals surface area contributed by atoms with Crippen LogP contribution in [0.15, 0.2) is 30.3 Å². The summed E-state index contributed by atoms with van der Waals surface area (Å²) in [5.74, 6) is 0. The maximum absolute atomic E-state index is 6.25. The molecule has 3 nitrogen and oxygen atoms in total. The van der Waals surface area contributed by atoms with E-state index in [0.717, 1.165) is 26.1 Å². The van der Waals surface area contributed by atoms with E-state index in [0.29, 0.717) is 0 Å². The Morgan fingerprint density at radius 2 is 1.67 bits per heavy atom. The molecule has 0 saturated carbocycles. The predicted octanol–water partition coefficient (Wildman–Crippen LogP) is 1.19. The van der Waals surface area contributed by atoms with Crippen LogP contribution in [0.3, 0.4) is 0 Å². The van der Waals surface area contributed by atoms with Gasteiger partial charge in [-0.15, -0.1) is 0 Å². The maximum Gasteiger partial charge on any atom is 0.0208 e. The molecule has 1 aliphatic rings. The smallest absolute Gasteiger partial charge is 0.0208 e. The van der Waals surface area contributed by atoms with E-state index < -0.39 is 0 Å². The zero-order valence-electron chi connectivity index (χ0n) is 11.4. The zero-order valence-corrected chi connectivity index (χ0v) is 11.4. The number of hydrogen-bond acceptors (Lipinski definition) is 3. The van der Waals surface area contributed by atoms with Crippen LogP contribution in [-0.2, 0) is 6.42 Å². The van der Waals surface area contributed by atoms with Crippen molar-refractivity contribution in [2.45, 2.75) is 19.4 Å². The monoisotopic (exact) mass is 247 g/mol. The Hall–Kier alpha value is -0.900. The third kappa shape index (κ3) is 4.09. The molecule has 0 unspecified atom stereocenters. The SMILES string of the molecule is CCN1CCN(C[C@H](N)Cc2ccccc2)CC1. The van der Waals surface area contributed by atoms with E-state index in [1.807, 2.05) is 0 Å². The average Bonchev–Trinajstić information content (AvgIpc) is 2.40. The summed E-state index contributed by atoms with van der Waals surface area (Å²) in [4.78, 5) is 5.00. The second-order valence-electron chi connectivity index (χ2n) is 5.18. The van der Waals surface area contributed by atoms with Crippen molar-refractivity contribution in [2.75, 3.05) is 39.3 Å². The van der Waals surface area contributed by atoms with Gasteiger partial charge in [-0.05, 0) is 18.5 Å². The summed E-state index contributed by atoms with van der Waals surface area (Å²) in [5, 5.41) is 0. The lowest BCUT2D eigenvalue weighted by molar-refractivity contribution is 0.131. The Morgan fingerprint density at radius 3 is 2.28 bits per heavy atom. The molecular weight excluding hydrogens is 222 g/mol. The highest BCUT2D eigenvalue weighted by Gasteiger charge is 2.17. The van der Waals surface area contributed by atoms with Crippen LogP contribution in [0.5, 0.6) is 0 Å². The van der Waals surface area contributed by atoms with Crippen LogP contribution in [0, 0.1) is 0 Å². The van der Waals surface area contributed by atoms with Crippen LogP contribution in [0.25, 0.3) is 0 Å². The highest BCUT2D eigenvalue weighted by atomic mass is 15.3. The van der Waals surface area contributed by atoms with Gasteiger partial charge in [0.05, 0.1) is 0 Å². The van der Waals surface area contributed by atoms with Gasteiger partial charge in [0, 0.05) is 38.8 Å². The molecule has 1 fully saturated rings. The minimum absolute atomic E-state index is 0.251. The van der Waals surface area contributed by atoms with Gasteiger partial charge in [0.15, 0.2) is 0 Å². The molecule has 1 aromatic rings. The van der Waals surface area contributed by atoms with Crippen LogP contribution in [0.1, 0.15) is 12.5 Å². The van der Waals surface area contributed by atoms with Crippen molar-refractivity contribution in [3.63, 3.8) is 0 Å². The van der Waals surface area contributed by atoms with Gasteiger partial charge < -0.3 is 10.6 Å². The molecule has 1 aliphatic heterocycles. The van der Waals surface area contributed by atoms with E-state index >= 15 is 0 Å². The van der Waals surface area contributed by atoms with Gasteiger partial charge in [0.25, 0.3) is 0 Å². The molecule has 2 N–H and O–H groups in total. The van der Waals surface area contributed by atoms with Gasteiger partial charge >= 0.3 is 0 Å². The van der Waals surface area contributed by atoms with Crippen LogP contribution < -0.4 is 5.73 Å². The summed E-state index contributed by atoms with van der Waals surface area (Å²) in [7, 11) is 0. The zero-order chi connectivity index (χ0) is 12.8. The number of nitrogens with zero attached hydrogens (tertiary/aromatic N) is 2. The first-order valence-electron chi connectivity index (χ1n) is 7.02. The molecule has 100 valence electrons. The Bertz CT molecular complexity index is 331. The van der Waals surface area contributed by atoms with Crippen molar-refractivity contribution in [1.29, 1.82) is 0 Å². The van der Waals surface area contributed by atoms with Crippen molar-refractivity contribution in [3.8, 4) is 0 Å². The molecule has 0 amide bonds. The molecule has 1 saturated heterocycles. The summed E-state index contributed by atoms with van der Waals surface area (Å²) in [6.45, 7) is 9.13. The maximum atomic E-state index is 6.25. The van der Waals surface area contributed by atoms with Gasteiger partial charge in [0.2, 0.25) is 0 Å². The number of benzene rings is 1. The van der Waals surface area contributed by atoms with Crippen LogP contribution in [0.4, 0.5) is 0 Å². The van der Waals surface area contributed by atoms with Crippen molar-refractivity contribution in [2.24, 2.45) is 5.73 Å². The molecule has 18 heavy (non-hydrogen) atoms. The fourth-order valence-electron chi connectivity index (χ4n) is 2.60. The van der Waals surface area contributed by atoms with E-state index in [1.165, 1.54) is 25.2 Å². The highest BCUT2D eigenvalue weighted by Crippen LogP contribution is 2.06. The predicted molar refractivity (Wildman–Crippen MR) is 76.7 cm³/mol. The normalized spacial score (nSPS) is 19.9. The quantitative estimate of drug-likeness (QED) is 0.848. The van der Waals surface area contributed by atoms with Crippen molar-refractivity contribution in [3.05, 3.63) is 35.9 Å². The number of likely N-dealkylation sites (N-methyl/N-ethyl adjacent to an activating group) is 1. The molecule has 1 heterocycles. The largest absolute Gasteiger partial charge is 0.326 e. The van der Waals surface area contributed by atoms with Gasteiger partial charge in [-0.3, -0.25) is 4.90 Å². The Labute approximate surface area is 111 Å². The Kier molecular flexibility index (Phi) is 5.17. The average molecular weight is 247 g/mol. The fourth-order valence-corrected chi connectivity index (χ4v) is 2.60. The molecule has 3 heteroatoms.